The predicted molar refractivity (Wildman–Crippen MR) is 71.5 cm³/mol. The van der Waals surface area contributed by atoms with Crippen LogP contribution < -0.4 is 11.3 Å². The third-order valence-electron chi connectivity index (χ3n) is 3.00. The number of benzene rings is 2. The SMILES string of the molecule is NNC(Cc1cccc(Cl)c1F)c1ccc(F)c(F)c1. The second-order valence-corrected chi connectivity index (χ2v) is 4.72. The van der Waals surface area contributed by atoms with E-state index in [-0.39, 0.29) is 11.4 Å². The standard InChI is InChI=1S/C14H12ClF3N2/c15-10-3-1-2-9(14(10)18)7-13(20-19)8-4-5-11(16)12(17)6-8/h1-6,13,20H,7,19H2. The number of halogens is 4. The first kappa shape index (κ1) is 14.8. The molecule has 0 heterocycles. The van der Waals surface area contributed by atoms with Gasteiger partial charge >= 0.3 is 0 Å². The normalized spacial score (nSPS) is 12.4. The lowest BCUT2D eigenvalue weighted by atomic mass is 9.99. The highest BCUT2D eigenvalue weighted by Crippen LogP contribution is 2.24. The molecule has 0 aliphatic heterocycles. The zero-order chi connectivity index (χ0) is 14.7. The Kier molecular flexibility index (Phi) is 4.65. The summed E-state index contributed by atoms with van der Waals surface area (Å²) in [5, 5.41) is 0.00329. The van der Waals surface area contributed by atoms with Gasteiger partial charge in [-0.25, -0.2) is 13.2 Å². The van der Waals surface area contributed by atoms with Gasteiger partial charge in [0.15, 0.2) is 11.6 Å². The van der Waals surface area contributed by atoms with Crippen LogP contribution in [0.4, 0.5) is 13.2 Å². The summed E-state index contributed by atoms with van der Waals surface area (Å²) in [6, 6.07) is 7.48. The van der Waals surface area contributed by atoms with Crippen LogP contribution in [0.25, 0.3) is 0 Å². The zero-order valence-electron chi connectivity index (χ0n) is 10.3. The average molecular weight is 301 g/mol. The lowest BCUT2D eigenvalue weighted by Crippen LogP contribution is -2.30. The second-order valence-electron chi connectivity index (χ2n) is 4.31. The number of hydrazine groups is 1. The molecule has 0 saturated heterocycles. The first-order chi connectivity index (χ1) is 9.52. The zero-order valence-corrected chi connectivity index (χ0v) is 11.1. The smallest absolute Gasteiger partial charge is 0.159 e. The van der Waals surface area contributed by atoms with Crippen LogP contribution in [-0.2, 0) is 6.42 Å². The van der Waals surface area contributed by atoms with Crippen molar-refractivity contribution in [2.24, 2.45) is 5.84 Å². The van der Waals surface area contributed by atoms with Crippen LogP contribution in [-0.4, -0.2) is 0 Å². The molecular weight excluding hydrogens is 289 g/mol. The highest BCUT2D eigenvalue weighted by molar-refractivity contribution is 6.30. The summed E-state index contributed by atoms with van der Waals surface area (Å²) < 4.78 is 39.9. The van der Waals surface area contributed by atoms with E-state index in [0.29, 0.717) is 11.1 Å². The maximum atomic E-state index is 13.8. The number of nitrogens with one attached hydrogen (secondary N) is 1. The molecule has 0 amide bonds. The fourth-order valence-electron chi connectivity index (χ4n) is 1.93. The molecule has 1 unspecified atom stereocenters. The Hall–Kier alpha value is -1.56. The molecular formula is C14H12ClF3N2. The summed E-state index contributed by atoms with van der Waals surface area (Å²) in [6.07, 6.45) is 0.161. The van der Waals surface area contributed by atoms with Gasteiger partial charge in [0.05, 0.1) is 11.1 Å². The Labute approximate surface area is 119 Å². The van der Waals surface area contributed by atoms with E-state index in [4.69, 9.17) is 17.4 Å². The van der Waals surface area contributed by atoms with Gasteiger partial charge in [-0.15, -0.1) is 0 Å². The topological polar surface area (TPSA) is 38.0 Å². The highest BCUT2D eigenvalue weighted by Gasteiger charge is 2.16. The third kappa shape index (κ3) is 3.12. The average Bonchev–Trinajstić information content (AvgIpc) is 2.44. The molecule has 2 aromatic rings. The van der Waals surface area contributed by atoms with Gasteiger partial charge in [0, 0.05) is 0 Å². The molecule has 0 aromatic heterocycles. The molecule has 6 heteroatoms. The van der Waals surface area contributed by atoms with Crippen LogP contribution in [0.3, 0.4) is 0 Å². The molecule has 0 fully saturated rings. The van der Waals surface area contributed by atoms with Crippen LogP contribution >= 0.6 is 11.6 Å². The first-order valence-electron chi connectivity index (χ1n) is 5.87. The van der Waals surface area contributed by atoms with Crippen molar-refractivity contribution < 1.29 is 13.2 Å². The number of rotatable bonds is 4. The van der Waals surface area contributed by atoms with E-state index in [1.54, 1.807) is 12.1 Å². The van der Waals surface area contributed by atoms with Gasteiger partial charge < -0.3 is 0 Å². The molecule has 20 heavy (non-hydrogen) atoms. The van der Waals surface area contributed by atoms with Crippen LogP contribution in [0.1, 0.15) is 17.2 Å². The van der Waals surface area contributed by atoms with E-state index in [2.05, 4.69) is 5.43 Å². The van der Waals surface area contributed by atoms with Gasteiger partial charge in [-0.3, -0.25) is 11.3 Å². The van der Waals surface area contributed by atoms with Gasteiger partial charge in [0.25, 0.3) is 0 Å². The Morgan fingerprint density at radius 3 is 2.50 bits per heavy atom. The lowest BCUT2D eigenvalue weighted by Gasteiger charge is -2.17. The second kappa shape index (κ2) is 6.26. The third-order valence-corrected chi connectivity index (χ3v) is 3.29. The predicted octanol–water partition coefficient (Wildman–Crippen LogP) is 3.50. The summed E-state index contributed by atoms with van der Waals surface area (Å²) in [5.41, 5.74) is 3.22. The molecule has 0 aliphatic rings. The minimum atomic E-state index is -0.977. The molecule has 3 N–H and O–H groups in total. The monoisotopic (exact) mass is 300 g/mol. The molecule has 0 spiro atoms. The van der Waals surface area contributed by atoms with Crippen molar-refractivity contribution in [1.29, 1.82) is 0 Å². The fraction of sp³-hybridized carbons (Fsp3) is 0.143. The van der Waals surface area contributed by atoms with Gasteiger partial charge in [-0.2, -0.15) is 0 Å². The van der Waals surface area contributed by atoms with Gasteiger partial charge in [0.2, 0.25) is 0 Å². The quantitative estimate of drug-likeness (QED) is 0.670. The van der Waals surface area contributed by atoms with Crippen LogP contribution in [0.5, 0.6) is 0 Å². The van der Waals surface area contributed by atoms with Gasteiger partial charge in [-0.1, -0.05) is 29.8 Å². The van der Waals surface area contributed by atoms with Crippen molar-refractivity contribution in [3.05, 3.63) is 70.0 Å². The van der Waals surface area contributed by atoms with E-state index in [1.165, 1.54) is 12.1 Å². The molecule has 0 bridgehead atoms. The van der Waals surface area contributed by atoms with Crippen LogP contribution in [0.15, 0.2) is 36.4 Å². The molecule has 0 saturated carbocycles. The van der Waals surface area contributed by atoms with Gasteiger partial charge in [0.1, 0.15) is 5.82 Å². The minimum Gasteiger partial charge on any atom is -0.271 e. The number of nitrogens with two attached hydrogens (primary N) is 1. The Bertz CT molecular complexity index is 619. The van der Waals surface area contributed by atoms with Crippen molar-refractivity contribution in [3.63, 3.8) is 0 Å². The van der Waals surface area contributed by atoms with Crippen molar-refractivity contribution in [1.82, 2.24) is 5.43 Å². The number of hydrogen-bond acceptors (Lipinski definition) is 2. The Balaban J connectivity index is 2.28. The van der Waals surface area contributed by atoms with E-state index >= 15 is 0 Å². The molecule has 106 valence electrons. The highest BCUT2D eigenvalue weighted by atomic mass is 35.5. The maximum Gasteiger partial charge on any atom is 0.159 e. The molecule has 1 atom stereocenters. The van der Waals surface area contributed by atoms with Crippen LogP contribution in [0.2, 0.25) is 5.02 Å². The summed E-state index contributed by atoms with van der Waals surface area (Å²) in [7, 11) is 0. The van der Waals surface area contributed by atoms with E-state index in [0.717, 1.165) is 12.1 Å². The summed E-state index contributed by atoms with van der Waals surface area (Å²) in [4.78, 5) is 0. The summed E-state index contributed by atoms with van der Waals surface area (Å²) in [5.74, 6) is 2.94. The maximum absolute atomic E-state index is 13.8. The molecule has 2 aromatic carbocycles. The Morgan fingerprint density at radius 1 is 1.10 bits per heavy atom. The van der Waals surface area contributed by atoms with Crippen molar-refractivity contribution >= 4 is 11.6 Å². The summed E-state index contributed by atoms with van der Waals surface area (Å²) >= 11 is 5.70. The van der Waals surface area contributed by atoms with Gasteiger partial charge in [-0.05, 0) is 35.7 Å². The van der Waals surface area contributed by atoms with E-state index in [9.17, 15) is 13.2 Å². The van der Waals surface area contributed by atoms with Crippen molar-refractivity contribution in [2.75, 3.05) is 0 Å². The molecule has 2 nitrogen and oxygen atoms in total. The van der Waals surface area contributed by atoms with E-state index in [1.807, 2.05) is 0 Å². The van der Waals surface area contributed by atoms with Crippen molar-refractivity contribution in [3.8, 4) is 0 Å². The van der Waals surface area contributed by atoms with Crippen LogP contribution in [0, 0.1) is 17.5 Å². The summed E-state index contributed by atoms with van der Waals surface area (Å²) in [6.45, 7) is 0. The Morgan fingerprint density at radius 2 is 1.85 bits per heavy atom. The minimum absolute atomic E-state index is 0.00329. The lowest BCUT2D eigenvalue weighted by molar-refractivity contribution is 0.494. The molecule has 0 radical (unpaired) electrons. The first-order valence-corrected chi connectivity index (χ1v) is 6.24. The largest absolute Gasteiger partial charge is 0.271 e. The van der Waals surface area contributed by atoms with E-state index < -0.39 is 23.5 Å². The molecule has 0 aliphatic carbocycles. The molecule has 2 rings (SSSR count). The van der Waals surface area contributed by atoms with Crippen molar-refractivity contribution in [2.45, 2.75) is 12.5 Å². The fourth-order valence-corrected chi connectivity index (χ4v) is 2.12. The number of hydrogen-bond donors (Lipinski definition) is 2.